The van der Waals surface area contributed by atoms with Gasteiger partial charge >= 0.3 is 0 Å². The SMILES string of the molecule is CC(=O)N(CC(=O)N1CCN(c2ccccc2F)CC1)c1cc(C)on1. The van der Waals surface area contributed by atoms with Gasteiger partial charge in [-0.05, 0) is 19.1 Å². The maximum absolute atomic E-state index is 13.9. The van der Waals surface area contributed by atoms with Gasteiger partial charge in [0.15, 0.2) is 5.82 Å². The van der Waals surface area contributed by atoms with Crippen molar-refractivity contribution in [2.45, 2.75) is 13.8 Å². The first-order valence-electron chi connectivity index (χ1n) is 8.44. The number of benzene rings is 1. The van der Waals surface area contributed by atoms with Crippen LogP contribution in [0.3, 0.4) is 0 Å². The van der Waals surface area contributed by atoms with Gasteiger partial charge in [0.05, 0.1) is 5.69 Å². The first kappa shape index (κ1) is 17.9. The monoisotopic (exact) mass is 360 g/mol. The van der Waals surface area contributed by atoms with E-state index in [1.54, 1.807) is 36.1 Å². The van der Waals surface area contributed by atoms with Crippen LogP contribution in [0.5, 0.6) is 0 Å². The Morgan fingerprint density at radius 3 is 2.50 bits per heavy atom. The van der Waals surface area contributed by atoms with E-state index in [2.05, 4.69) is 5.16 Å². The van der Waals surface area contributed by atoms with Crippen molar-refractivity contribution in [1.82, 2.24) is 10.1 Å². The summed E-state index contributed by atoms with van der Waals surface area (Å²) in [7, 11) is 0. The van der Waals surface area contributed by atoms with Crippen LogP contribution >= 0.6 is 0 Å². The predicted molar refractivity (Wildman–Crippen MR) is 94.5 cm³/mol. The van der Waals surface area contributed by atoms with Crippen molar-refractivity contribution in [1.29, 1.82) is 0 Å². The number of carbonyl (C=O) groups excluding carboxylic acids is 2. The lowest BCUT2D eigenvalue weighted by Crippen LogP contribution is -2.52. The van der Waals surface area contributed by atoms with Crippen LogP contribution in [0.4, 0.5) is 15.9 Å². The Balaban J connectivity index is 1.61. The second-order valence-corrected chi connectivity index (χ2v) is 6.22. The Kier molecular flexibility index (Phi) is 5.20. The molecule has 138 valence electrons. The van der Waals surface area contributed by atoms with Gasteiger partial charge in [-0.3, -0.25) is 14.5 Å². The fraction of sp³-hybridized carbons (Fsp3) is 0.389. The third kappa shape index (κ3) is 3.84. The summed E-state index contributed by atoms with van der Waals surface area (Å²) in [4.78, 5) is 29.3. The molecule has 0 radical (unpaired) electrons. The second-order valence-electron chi connectivity index (χ2n) is 6.22. The minimum atomic E-state index is -0.281. The molecule has 0 bridgehead atoms. The Hall–Kier alpha value is -2.90. The zero-order valence-corrected chi connectivity index (χ0v) is 14.8. The highest BCUT2D eigenvalue weighted by molar-refractivity contribution is 5.96. The van der Waals surface area contributed by atoms with Crippen LogP contribution in [0, 0.1) is 12.7 Å². The van der Waals surface area contributed by atoms with Crippen LogP contribution in [0.15, 0.2) is 34.9 Å². The lowest BCUT2D eigenvalue weighted by atomic mass is 10.2. The number of anilines is 2. The molecule has 8 heteroatoms. The number of aryl methyl sites for hydroxylation is 1. The summed E-state index contributed by atoms with van der Waals surface area (Å²) in [6, 6.07) is 8.22. The summed E-state index contributed by atoms with van der Waals surface area (Å²) in [6.07, 6.45) is 0. The maximum Gasteiger partial charge on any atom is 0.242 e. The quantitative estimate of drug-likeness (QED) is 0.832. The van der Waals surface area contributed by atoms with Crippen LogP contribution in [-0.4, -0.2) is 54.6 Å². The van der Waals surface area contributed by atoms with Crippen LogP contribution in [0.2, 0.25) is 0 Å². The molecule has 1 aromatic carbocycles. The van der Waals surface area contributed by atoms with Gasteiger partial charge in [0.2, 0.25) is 11.8 Å². The van der Waals surface area contributed by atoms with Crippen molar-refractivity contribution >= 4 is 23.3 Å². The molecule has 26 heavy (non-hydrogen) atoms. The summed E-state index contributed by atoms with van der Waals surface area (Å²) in [6.45, 7) is 5.02. The van der Waals surface area contributed by atoms with Gasteiger partial charge in [-0.2, -0.15) is 0 Å². The first-order valence-corrected chi connectivity index (χ1v) is 8.44. The van der Waals surface area contributed by atoms with Gasteiger partial charge in [-0.15, -0.1) is 0 Å². The Morgan fingerprint density at radius 1 is 1.23 bits per heavy atom. The molecule has 1 aromatic heterocycles. The van der Waals surface area contributed by atoms with Crippen molar-refractivity contribution in [3.8, 4) is 0 Å². The second kappa shape index (κ2) is 7.55. The van der Waals surface area contributed by atoms with Crippen LogP contribution in [-0.2, 0) is 9.59 Å². The van der Waals surface area contributed by atoms with Gasteiger partial charge in [-0.25, -0.2) is 4.39 Å². The van der Waals surface area contributed by atoms with Crippen molar-refractivity contribution < 1.29 is 18.5 Å². The summed E-state index contributed by atoms with van der Waals surface area (Å²) in [5.41, 5.74) is 0.544. The molecule has 1 aliphatic rings. The van der Waals surface area contributed by atoms with E-state index in [1.165, 1.54) is 17.9 Å². The molecule has 3 rings (SSSR count). The third-order valence-electron chi connectivity index (χ3n) is 4.39. The molecule has 7 nitrogen and oxygen atoms in total. The number of hydrogen-bond acceptors (Lipinski definition) is 5. The summed E-state index contributed by atoms with van der Waals surface area (Å²) in [5, 5.41) is 3.81. The number of amides is 2. The zero-order valence-electron chi connectivity index (χ0n) is 14.8. The predicted octanol–water partition coefficient (Wildman–Crippen LogP) is 1.82. The lowest BCUT2D eigenvalue weighted by Gasteiger charge is -2.36. The molecule has 0 N–H and O–H groups in total. The number of halogens is 1. The highest BCUT2D eigenvalue weighted by Gasteiger charge is 2.26. The average molecular weight is 360 g/mol. The maximum atomic E-state index is 13.9. The average Bonchev–Trinajstić information content (AvgIpc) is 3.06. The Morgan fingerprint density at radius 2 is 1.92 bits per heavy atom. The van der Waals surface area contributed by atoms with Gasteiger partial charge in [-0.1, -0.05) is 17.3 Å². The number of aromatic nitrogens is 1. The smallest absolute Gasteiger partial charge is 0.242 e. The van der Waals surface area contributed by atoms with E-state index in [-0.39, 0.29) is 24.2 Å². The molecule has 0 aliphatic carbocycles. The largest absolute Gasteiger partial charge is 0.366 e. The molecule has 2 aromatic rings. The number of carbonyl (C=O) groups is 2. The number of nitrogens with zero attached hydrogens (tertiary/aromatic N) is 4. The summed E-state index contributed by atoms with van der Waals surface area (Å²) in [5.74, 6) is 0.174. The molecule has 0 saturated carbocycles. The van der Waals surface area contributed by atoms with Gasteiger partial charge in [0, 0.05) is 39.2 Å². The fourth-order valence-corrected chi connectivity index (χ4v) is 2.97. The zero-order chi connectivity index (χ0) is 18.7. The van der Waals surface area contributed by atoms with E-state index >= 15 is 0 Å². The minimum absolute atomic E-state index is 0.0962. The molecule has 0 unspecified atom stereocenters. The Labute approximate surface area is 151 Å². The number of hydrogen-bond donors (Lipinski definition) is 0. The van der Waals surface area contributed by atoms with Crippen LogP contribution in [0.25, 0.3) is 0 Å². The van der Waals surface area contributed by atoms with E-state index in [4.69, 9.17) is 4.52 Å². The highest BCUT2D eigenvalue weighted by atomic mass is 19.1. The standard InChI is InChI=1S/C18H21FN4O3/c1-13-11-17(20-26-13)23(14(2)24)12-18(25)22-9-7-21(8-10-22)16-6-4-3-5-15(16)19/h3-6,11H,7-10,12H2,1-2H3. The molecular formula is C18H21FN4O3. The minimum Gasteiger partial charge on any atom is -0.366 e. The normalized spacial score (nSPS) is 14.4. The van der Waals surface area contributed by atoms with E-state index in [0.717, 1.165) is 0 Å². The Bertz CT molecular complexity index is 799. The molecule has 0 spiro atoms. The van der Waals surface area contributed by atoms with E-state index < -0.39 is 0 Å². The van der Waals surface area contributed by atoms with Crippen molar-refractivity contribution in [2.24, 2.45) is 0 Å². The van der Waals surface area contributed by atoms with Crippen LogP contribution in [0.1, 0.15) is 12.7 Å². The molecule has 1 saturated heterocycles. The fourth-order valence-electron chi connectivity index (χ4n) is 2.97. The van der Waals surface area contributed by atoms with Crippen molar-refractivity contribution in [2.75, 3.05) is 42.5 Å². The topological polar surface area (TPSA) is 69.9 Å². The lowest BCUT2D eigenvalue weighted by molar-refractivity contribution is -0.131. The molecule has 2 heterocycles. The van der Waals surface area contributed by atoms with Gasteiger partial charge in [0.1, 0.15) is 18.1 Å². The third-order valence-corrected chi connectivity index (χ3v) is 4.39. The molecule has 1 fully saturated rings. The molecule has 1 aliphatic heterocycles. The summed E-state index contributed by atoms with van der Waals surface area (Å²) < 4.78 is 18.9. The van der Waals surface area contributed by atoms with Crippen molar-refractivity contribution in [3.63, 3.8) is 0 Å². The molecular weight excluding hydrogens is 339 g/mol. The number of piperazine rings is 1. The van der Waals surface area contributed by atoms with Crippen molar-refractivity contribution in [3.05, 3.63) is 41.9 Å². The number of rotatable bonds is 4. The summed E-state index contributed by atoms with van der Waals surface area (Å²) >= 11 is 0. The first-order chi connectivity index (χ1) is 12.5. The van der Waals surface area contributed by atoms with Crippen LogP contribution < -0.4 is 9.80 Å². The highest BCUT2D eigenvalue weighted by Crippen LogP contribution is 2.20. The van der Waals surface area contributed by atoms with E-state index in [1.807, 2.05) is 4.90 Å². The number of para-hydroxylation sites is 1. The molecule has 2 amide bonds. The molecule has 0 atom stereocenters. The van der Waals surface area contributed by atoms with Gasteiger partial charge in [0.25, 0.3) is 0 Å². The van der Waals surface area contributed by atoms with E-state index in [9.17, 15) is 14.0 Å². The van der Waals surface area contributed by atoms with Gasteiger partial charge < -0.3 is 14.3 Å². The van der Waals surface area contributed by atoms with E-state index in [0.29, 0.717) is 43.4 Å².